The first-order valence-corrected chi connectivity index (χ1v) is 4.40. The lowest BCUT2D eigenvalue weighted by molar-refractivity contribution is 0.216. The minimum absolute atomic E-state index is 0.268. The quantitative estimate of drug-likeness (QED) is 0.653. The highest BCUT2D eigenvalue weighted by Crippen LogP contribution is 2.13. The molecule has 0 aromatic carbocycles. The molecule has 2 nitrogen and oxygen atoms in total. The van der Waals surface area contributed by atoms with E-state index in [1.165, 1.54) is 13.0 Å². The summed E-state index contributed by atoms with van der Waals surface area (Å²) >= 11 is 0. The zero-order valence-electron chi connectivity index (χ0n) is 8.35. The SMILES string of the molecule is CCCN(C)CC(C)(C)CN. The molecule has 0 amide bonds. The van der Waals surface area contributed by atoms with E-state index in [4.69, 9.17) is 5.73 Å². The fourth-order valence-electron chi connectivity index (χ4n) is 1.26. The van der Waals surface area contributed by atoms with Crippen molar-refractivity contribution in [1.29, 1.82) is 0 Å². The molecule has 0 atom stereocenters. The molecule has 0 bridgehead atoms. The lowest BCUT2D eigenvalue weighted by Crippen LogP contribution is -2.36. The topological polar surface area (TPSA) is 29.3 Å². The molecule has 0 heterocycles. The average molecular weight is 158 g/mol. The van der Waals surface area contributed by atoms with Crippen LogP contribution in [-0.2, 0) is 0 Å². The summed E-state index contributed by atoms with van der Waals surface area (Å²) in [6, 6.07) is 0. The molecule has 2 heteroatoms. The Hall–Kier alpha value is -0.0800. The van der Waals surface area contributed by atoms with E-state index in [9.17, 15) is 0 Å². The third kappa shape index (κ3) is 5.22. The van der Waals surface area contributed by atoms with E-state index in [2.05, 4.69) is 32.7 Å². The van der Waals surface area contributed by atoms with Crippen molar-refractivity contribution in [3.63, 3.8) is 0 Å². The van der Waals surface area contributed by atoms with Crippen molar-refractivity contribution in [3.8, 4) is 0 Å². The average Bonchev–Trinajstić information content (AvgIpc) is 1.87. The third-order valence-electron chi connectivity index (χ3n) is 1.86. The first-order chi connectivity index (χ1) is 5.02. The van der Waals surface area contributed by atoms with E-state index < -0.39 is 0 Å². The van der Waals surface area contributed by atoms with Crippen LogP contribution in [0.25, 0.3) is 0 Å². The smallest absolute Gasteiger partial charge is 0.00417 e. The maximum atomic E-state index is 5.62. The predicted octanol–water partition coefficient (Wildman–Crippen LogP) is 1.31. The van der Waals surface area contributed by atoms with Crippen LogP contribution in [0.2, 0.25) is 0 Å². The third-order valence-corrected chi connectivity index (χ3v) is 1.86. The largest absolute Gasteiger partial charge is 0.330 e. The van der Waals surface area contributed by atoms with Crippen molar-refractivity contribution in [2.45, 2.75) is 27.2 Å². The highest BCUT2D eigenvalue weighted by molar-refractivity contribution is 4.72. The van der Waals surface area contributed by atoms with E-state index in [0.717, 1.165) is 13.1 Å². The number of rotatable bonds is 5. The predicted molar refractivity (Wildman–Crippen MR) is 50.6 cm³/mol. The Balaban J connectivity index is 3.64. The minimum atomic E-state index is 0.268. The molecule has 0 aliphatic heterocycles. The monoisotopic (exact) mass is 158 g/mol. The van der Waals surface area contributed by atoms with Gasteiger partial charge >= 0.3 is 0 Å². The molecule has 2 N–H and O–H groups in total. The van der Waals surface area contributed by atoms with Crippen molar-refractivity contribution < 1.29 is 0 Å². The second-order valence-corrected chi connectivity index (χ2v) is 4.11. The lowest BCUT2D eigenvalue weighted by Gasteiger charge is -2.28. The Morgan fingerprint density at radius 1 is 1.36 bits per heavy atom. The van der Waals surface area contributed by atoms with Gasteiger partial charge in [-0.3, -0.25) is 0 Å². The normalized spacial score (nSPS) is 12.5. The van der Waals surface area contributed by atoms with Gasteiger partial charge in [-0.25, -0.2) is 0 Å². The summed E-state index contributed by atoms with van der Waals surface area (Å²) in [6.45, 7) is 9.64. The van der Waals surface area contributed by atoms with Crippen LogP contribution in [0.3, 0.4) is 0 Å². The van der Waals surface area contributed by atoms with E-state index in [-0.39, 0.29) is 5.41 Å². The van der Waals surface area contributed by atoms with Crippen molar-refractivity contribution in [2.75, 3.05) is 26.7 Å². The standard InChI is InChI=1S/C9H22N2/c1-5-6-11(4)8-9(2,3)7-10/h5-8,10H2,1-4H3. The van der Waals surface area contributed by atoms with E-state index in [1.807, 2.05) is 0 Å². The van der Waals surface area contributed by atoms with Crippen LogP contribution in [0.4, 0.5) is 0 Å². The molecule has 68 valence electrons. The van der Waals surface area contributed by atoms with Crippen LogP contribution in [0.5, 0.6) is 0 Å². The van der Waals surface area contributed by atoms with Gasteiger partial charge < -0.3 is 10.6 Å². The van der Waals surface area contributed by atoms with Crippen LogP contribution < -0.4 is 5.73 Å². The molecule has 0 spiro atoms. The van der Waals surface area contributed by atoms with Crippen molar-refractivity contribution in [2.24, 2.45) is 11.1 Å². The van der Waals surface area contributed by atoms with Gasteiger partial charge in [0, 0.05) is 6.54 Å². The van der Waals surface area contributed by atoms with Crippen molar-refractivity contribution in [1.82, 2.24) is 4.90 Å². The number of nitrogens with two attached hydrogens (primary N) is 1. The van der Waals surface area contributed by atoms with E-state index >= 15 is 0 Å². The van der Waals surface area contributed by atoms with Gasteiger partial charge in [-0.1, -0.05) is 20.8 Å². The van der Waals surface area contributed by atoms with E-state index in [1.54, 1.807) is 0 Å². The van der Waals surface area contributed by atoms with Gasteiger partial charge in [-0.2, -0.15) is 0 Å². The lowest BCUT2D eigenvalue weighted by atomic mass is 9.93. The van der Waals surface area contributed by atoms with Crippen LogP contribution in [0, 0.1) is 5.41 Å². The molecule has 0 aliphatic rings. The molecule has 0 unspecified atom stereocenters. The van der Waals surface area contributed by atoms with Gasteiger partial charge in [0.1, 0.15) is 0 Å². The minimum Gasteiger partial charge on any atom is -0.330 e. The molecule has 0 aromatic heterocycles. The molecule has 0 rings (SSSR count). The summed E-state index contributed by atoms with van der Waals surface area (Å²) in [5.41, 5.74) is 5.89. The second kappa shape index (κ2) is 4.73. The Morgan fingerprint density at radius 3 is 2.27 bits per heavy atom. The van der Waals surface area contributed by atoms with Gasteiger partial charge in [0.15, 0.2) is 0 Å². The van der Waals surface area contributed by atoms with Crippen LogP contribution >= 0.6 is 0 Å². The van der Waals surface area contributed by atoms with Gasteiger partial charge in [0.05, 0.1) is 0 Å². The summed E-state index contributed by atoms with van der Waals surface area (Å²) in [4.78, 5) is 2.34. The molecule has 0 saturated heterocycles. The summed E-state index contributed by atoms with van der Waals surface area (Å²) in [5, 5.41) is 0. The zero-order valence-corrected chi connectivity index (χ0v) is 8.35. The maximum Gasteiger partial charge on any atom is 0.00417 e. The molecule has 0 aromatic rings. The molecular weight excluding hydrogens is 136 g/mol. The van der Waals surface area contributed by atoms with Crippen LogP contribution in [-0.4, -0.2) is 31.6 Å². The van der Waals surface area contributed by atoms with Crippen LogP contribution in [0.1, 0.15) is 27.2 Å². The van der Waals surface area contributed by atoms with Gasteiger partial charge in [0.25, 0.3) is 0 Å². The van der Waals surface area contributed by atoms with E-state index in [0.29, 0.717) is 0 Å². The Morgan fingerprint density at radius 2 is 1.91 bits per heavy atom. The molecule has 0 aliphatic carbocycles. The van der Waals surface area contributed by atoms with Gasteiger partial charge in [-0.05, 0) is 32.0 Å². The Bertz CT molecular complexity index is 99.7. The zero-order chi connectivity index (χ0) is 8.91. The van der Waals surface area contributed by atoms with Crippen molar-refractivity contribution >= 4 is 0 Å². The first-order valence-electron chi connectivity index (χ1n) is 4.40. The van der Waals surface area contributed by atoms with Gasteiger partial charge in [0.2, 0.25) is 0 Å². The number of hydrogen-bond donors (Lipinski definition) is 1. The fraction of sp³-hybridized carbons (Fsp3) is 1.00. The maximum absolute atomic E-state index is 5.62. The molecule has 11 heavy (non-hydrogen) atoms. The summed E-state index contributed by atoms with van der Waals surface area (Å²) in [5.74, 6) is 0. The highest BCUT2D eigenvalue weighted by Gasteiger charge is 2.16. The second-order valence-electron chi connectivity index (χ2n) is 4.11. The Kier molecular flexibility index (Phi) is 4.69. The number of nitrogens with zero attached hydrogens (tertiary/aromatic N) is 1. The van der Waals surface area contributed by atoms with Crippen molar-refractivity contribution in [3.05, 3.63) is 0 Å². The summed E-state index contributed by atoms with van der Waals surface area (Å²) in [6.07, 6.45) is 1.22. The molecule has 0 fully saturated rings. The summed E-state index contributed by atoms with van der Waals surface area (Å²) < 4.78 is 0. The Labute approximate surface area is 70.8 Å². The molecular formula is C9H22N2. The number of hydrogen-bond acceptors (Lipinski definition) is 2. The first kappa shape index (κ1) is 10.9. The highest BCUT2D eigenvalue weighted by atomic mass is 15.1. The fourth-order valence-corrected chi connectivity index (χ4v) is 1.26. The van der Waals surface area contributed by atoms with Gasteiger partial charge in [-0.15, -0.1) is 0 Å². The van der Waals surface area contributed by atoms with Crippen LogP contribution in [0.15, 0.2) is 0 Å². The summed E-state index contributed by atoms with van der Waals surface area (Å²) in [7, 11) is 2.15. The molecule has 0 saturated carbocycles. The molecule has 0 radical (unpaired) electrons.